The number of rotatable bonds is 0. The first kappa shape index (κ1) is 17.4. The van der Waals surface area contributed by atoms with E-state index in [0.29, 0.717) is 0 Å². The first-order valence-corrected chi connectivity index (χ1v) is 2.54. The van der Waals surface area contributed by atoms with Crippen LogP contribution in [0.4, 0.5) is 0 Å². The van der Waals surface area contributed by atoms with Gasteiger partial charge in [0.2, 0.25) is 0 Å². The summed E-state index contributed by atoms with van der Waals surface area (Å²) < 4.78 is 0. The molecule has 0 N–H and O–H groups in total. The molecule has 0 bridgehead atoms. The molecule has 0 fully saturated rings. The molecule has 9 heavy (non-hydrogen) atoms. The van der Waals surface area contributed by atoms with E-state index in [2.05, 4.69) is 0 Å². The van der Waals surface area contributed by atoms with Gasteiger partial charge in [0.05, 0.1) is 0 Å². The zero-order valence-corrected chi connectivity index (χ0v) is 12.3. The molecule has 0 aliphatic heterocycles. The van der Waals surface area contributed by atoms with Crippen LogP contribution in [0.15, 0.2) is 0 Å². The monoisotopic (exact) mass is 219 g/mol. The molecule has 0 spiro atoms. The van der Waals surface area contributed by atoms with Gasteiger partial charge in [0.1, 0.15) is 0 Å². The zero-order valence-electron chi connectivity index (χ0n) is 5.14. The minimum atomic E-state index is -1.27. The molecule has 0 heterocycles. The van der Waals surface area contributed by atoms with E-state index >= 15 is 0 Å². The Hall–Kier alpha value is 2.26. The molecule has 0 unspecified atom stereocenters. The molecule has 0 aliphatic rings. The molecule has 6 heteroatoms. The van der Waals surface area contributed by atoms with E-state index in [4.69, 9.17) is 15.8 Å². The van der Waals surface area contributed by atoms with Crippen molar-refractivity contribution in [3.05, 3.63) is 0 Å². The maximum atomic E-state index is 7.84. The Morgan fingerprint density at radius 3 is 1.00 bits per heavy atom. The van der Waals surface area contributed by atoms with Gasteiger partial charge < -0.3 is 0 Å². The van der Waals surface area contributed by atoms with Crippen molar-refractivity contribution in [3.8, 4) is 14.9 Å². The van der Waals surface area contributed by atoms with Crippen molar-refractivity contribution >= 4 is 0 Å². The van der Waals surface area contributed by atoms with Crippen molar-refractivity contribution in [2.75, 3.05) is 0 Å². The van der Waals surface area contributed by atoms with Gasteiger partial charge in [-0.2, -0.15) is 0 Å². The van der Waals surface area contributed by atoms with Gasteiger partial charge in [-0.05, 0) is 0 Å². The molecule has 40 valence electrons. The number of nitriles is 3. The van der Waals surface area contributed by atoms with Gasteiger partial charge in [-0.1, -0.05) is 0 Å². The molecule has 0 saturated carbocycles. The van der Waals surface area contributed by atoms with Crippen LogP contribution in [0.5, 0.6) is 0 Å². The first-order chi connectivity index (χ1) is 3.35. The Morgan fingerprint density at radius 2 is 1.00 bits per heavy atom. The third-order valence-electron chi connectivity index (χ3n) is 0.202. The fraction of sp³-hybridized carbons (Fsp3) is 0. The minimum absolute atomic E-state index is 0. The molecule has 0 radical (unpaired) electrons. The summed E-state index contributed by atoms with van der Waals surface area (Å²) >= 11 is -1.27. The predicted molar refractivity (Wildman–Crippen MR) is 16.8 cm³/mol. The average Bonchev–Trinajstić information content (AvgIpc) is 1.72. The van der Waals surface area contributed by atoms with Crippen LogP contribution in [0.2, 0.25) is 0 Å². The third kappa shape index (κ3) is 10.3. The van der Waals surface area contributed by atoms with E-state index in [-0.39, 0.29) is 103 Å². The van der Waals surface area contributed by atoms with Crippen molar-refractivity contribution in [3.63, 3.8) is 0 Å². The summed E-state index contributed by atoms with van der Waals surface area (Å²) in [4.78, 5) is 4.50. The summed E-state index contributed by atoms with van der Waals surface area (Å²) in [6.07, 6.45) is 0. The molecule has 0 atom stereocenters. The Morgan fingerprint density at radius 1 is 0.778 bits per heavy atom. The standard InChI is InChI=1S/3CN.Cu.2K/c3*1-2;;;/q;;;-2;2*+1. The van der Waals surface area contributed by atoms with E-state index < -0.39 is 13.9 Å². The molecular formula is C3CuK2N3. The van der Waals surface area contributed by atoms with Crippen LogP contribution in [0.1, 0.15) is 0 Å². The van der Waals surface area contributed by atoms with Gasteiger partial charge in [0, 0.05) is 0 Å². The van der Waals surface area contributed by atoms with E-state index in [1.807, 2.05) is 0 Å². The van der Waals surface area contributed by atoms with Gasteiger partial charge in [-0.25, -0.2) is 0 Å². The molecule has 0 aromatic heterocycles. The third-order valence-corrected chi connectivity index (χ3v) is 0.834. The van der Waals surface area contributed by atoms with Crippen LogP contribution >= 0.6 is 0 Å². The van der Waals surface area contributed by atoms with Gasteiger partial charge >= 0.3 is 147 Å². The van der Waals surface area contributed by atoms with Crippen molar-refractivity contribution in [1.82, 2.24) is 0 Å². The predicted octanol–water partition coefficient (Wildman–Crippen LogP) is -5.94. The molecule has 0 aliphatic carbocycles. The smallest absolute Gasteiger partial charge is 1.00 e. The second kappa shape index (κ2) is 12.9. The van der Waals surface area contributed by atoms with Gasteiger partial charge in [-0.3, -0.25) is 0 Å². The van der Waals surface area contributed by atoms with E-state index in [1.165, 1.54) is 14.9 Å². The van der Waals surface area contributed by atoms with Crippen LogP contribution in [0, 0.1) is 30.7 Å². The Balaban J connectivity index is -0.000000180. The quantitative estimate of drug-likeness (QED) is 0.381. The SMILES string of the molecule is N#[C][Cu-2]([C]#N)[C]#N.[K+].[K+]. The molecule has 0 aromatic rings. The molecule has 0 rings (SSSR count). The van der Waals surface area contributed by atoms with Crippen LogP contribution in [-0.4, -0.2) is 0 Å². The van der Waals surface area contributed by atoms with Crippen molar-refractivity contribution in [1.29, 1.82) is 15.8 Å². The van der Waals surface area contributed by atoms with Crippen molar-refractivity contribution < 1.29 is 117 Å². The Kier molecular flexibility index (Phi) is 24.9. The van der Waals surface area contributed by atoms with Gasteiger partial charge in [0.15, 0.2) is 0 Å². The fourth-order valence-corrected chi connectivity index (χ4v) is 0.186. The van der Waals surface area contributed by atoms with Crippen molar-refractivity contribution in [2.45, 2.75) is 0 Å². The zero-order chi connectivity index (χ0) is 5.70. The molecule has 0 amide bonds. The molecule has 3 nitrogen and oxygen atoms in total. The average molecular weight is 220 g/mol. The summed E-state index contributed by atoms with van der Waals surface area (Å²) in [6.45, 7) is 0. The summed E-state index contributed by atoms with van der Waals surface area (Å²) in [7, 11) is 0. The molecule has 0 aromatic carbocycles. The molecular weight excluding hydrogens is 220 g/mol. The summed E-state index contributed by atoms with van der Waals surface area (Å²) in [6, 6.07) is 0. The summed E-state index contributed by atoms with van der Waals surface area (Å²) in [5, 5.41) is 23.5. The second-order valence-electron chi connectivity index (χ2n) is 0.428. The fourth-order valence-electron chi connectivity index (χ4n) is 0.0452. The maximum absolute atomic E-state index is 7.84. The van der Waals surface area contributed by atoms with Crippen molar-refractivity contribution in [2.24, 2.45) is 0 Å². The van der Waals surface area contributed by atoms with Gasteiger partial charge in [-0.15, -0.1) is 0 Å². The topological polar surface area (TPSA) is 71.4 Å². The number of hydrogen-bond acceptors (Lipinski definition) is 3. The maximum Gasteiger partial charge on any atom is 1.00 e. The second-order valence-corrected chi connectivity index (χ2v) is 1.77. The van der Waals surface area contributed by atoms with E-state index in [1.54, 1.807) is 0 Å². The Labute approximate surface area is 143 Å². The summed E-state index contributed by atoms with van der Waals surface area (Å²) in [5.41, 5.74) is 0. The van der Waals surface area contributed by atoms with Crippen LogP contribution < -0.4 is 103 Å². The largest absolute Gasteiger partial charge is 1.00 e. The van der Waals surface area contributed by atoms with E-state index in [9.17, 15) is 0 Å². The van der Waals surface area contributed by atoms with E-state index in [0.717, 1.165) is 0 Å². The molecule has 0 saturated heterocycles. The number of hydrogen-bond donors (Lipinski definition) is 0. The minimum Gasteiger partial charge on any atom is 1.00 e. The Bertz CT molecular complexity index is 140. The summed E-state index contributed by atoms with van der Waals surface area (Å²) in [5.74, 6) is 0. The van der Waals surface area contributed by atoms with Crippen LogP contribution in [-0.2, 0) is 13.9 Å². The number of nitrogens with zero attached hydrogens (tertiary/aromatic N) is 3. The van der Waals surface area contributed by atoms with Crippen LogP contribution in [0.25, 0.3) is 0 Å². The normalized spacial score (nSPS) is 5.67. The first-order valence-electron chi connectivity index (χ1n) is 1.12. The van der Waals surface area contributed by atoms with Gasteiger partial charge in [0.25, 0.3) is 0 Å². The van der Waals surface area contributed by atoms with Crippen LogP contribution in [0.3, 0.4) is 0 Å².